The summed E-state index contributed by atoms with van der Waals surface area (Å²) in [6.07, 6.45) is 1.14. The first kappa shape index (κ1) is 26.0. The summed E-state index contributed by atoms with van der Waals surface area (Å²) in [5.74, 6) is -0.279. The van der Waals surface area contributed by atoms with E-state index in [0.29, 0.717) is 34.3 Å². The summed E-state index contributed by atoms with van der Waals surface area (Å²) in [7, 11) is 0. The fourth-order valence-electron chi connectivity index (χ4n) is 2.97. The number of hydrogen-bond acceptors (Lipinski definition) is 8. The number of ether oxygens (including phenoxy) is 1. The van der Waals surface area contributed by atoms with Crippen molar-refractivity contribution in [1.82, 2.24) is 25.5 Å². The fourth-order valence-corrected chi connectivity index (χ4v) is 4.33. The van der Waals surface area contributed by atoms with Gasteiger partial charge in [0.1, 0.15) is 13.2 Å². The summed E-state index contributed by atoms with van der Waals surface area (Å²) < 4.78 is 5.25. The molecule has 1 heterocycles. The van der Waals surface area contributed by atoms with Crippen molar-refractivity contribution < 1.29 is 14.3 Å². The number of nitrogens with two attached hydrogens (primary N) is 1. The number of aromatic nitrogens is 4. The highest BCUT2D eigenvalue weighted by Crippen LogP contribution is 2.36. The molecule has 1 atom stereocenters. The molecule has 0 saturated heterocycles. The first-order chi connectivity index (χ1) is 16.5. The maximum Gasteiger partial charge on any atom is 0.408 e. The molecule has 0 spiro atoms. The third kappa shape index (κ3) is 7.98. The zero-order chi connectivity index (χ0) is 24.3. The Balaban J connectivity index is 1.59. The predicted molar refractivity (Wildman–Crippen MR) is 130 cm³/mol. The van der Waals surface area contributed by atoms with E-state index in [4.69, 9.17) is 33.7 Å². The van der Waals surface area contributed by atoms with E-state index >= 15 is 0 Å². The van der Waals surface area contributed by atoms with E-state index in [9.17, 15) is 9.59 Å². The summed E-state index contributed by atoms with van der Waals surface area (Å²) in [5, 5.41) is 16.0. The second kappa shape index (κ2) is 13.3. The smallest absolute Gasteiger partial charge is 0.408 e. The van der Waals surface area contributed by atoms with E-state index in [2.05, 4.69) is 20.7 Å². The molecule has 0 bridgehead atoms. The number of tetrazole rings is 1. The third-order valence-corrected chi connectivity index (χ3v) is 6.53. The number of benzene rings is 2. The molecule has 0 aliphatic heterocycles. The Morgan fingerprint density at radius 2 is 1.82 bits per heavy atom. The van der Waals surface area contributed by atoms with Gasteiger partial charge in [0.05, 0.1) is 21.0 Å². The minimum Gasteiger partial charge on any atom is -0.445 e. The molecule has 1 amide bonds. The Bertz CT molecular complexity index is 1080. The second-order valence-corrected chi connectivity index (χ2v) is 9.06. The lowest BCUT2D eigenvalue weighted by atomic mass is 10.1. The predicted octanol–water partition coefficient (Wildman–Crippen LogP) is 4.12. The molecule has 34 heavy (non-hydrogen) atoms. The minimum absolute atomic E-state index is 0.103. The normalized spacial score (nSPS) is 11.7. The molecule has 0 radical (unpaired) electrons. The van der Waals surface area contributed by atoms with Crippen LogP contribution >= 0.6 is 35.0 Å². The number of alkyl carbamates (subject to hydrolysis) is 1. The summed E-state index contributed by atoms with van der Waals surface area (Å²) in [4.78, 5) is 27.0. The van der Waals surface area contributed by atoms with Gasteiger partial charge in [0.2, 0.25) is 5.16 Å². The number of rotatable bonds is 12. The van der Waals surface area contributed by atoms with Crippen molar-refractivity contribution in [2.24, 2.45) is 5.73 Å². The number of Topliss-reactive ketones (excluding diaryl/α,β-unsaturated/α-hetero) is 1. The van der Waals surface area contributed by atoms with E-state index in [1.807, 2.05) is 30.3 Å². The number of hydrogen-bond donors (Lipinski definition) is 2. The largest absolute Gasteiger partial charge is 0.445 e. The molecule has 12 heteroatoms. The van der Waals surface area contributed by atoms with Crippen molar-refractivity contribution >= 4 is 46.8 Å². The molecule has 9 nitrogen and oxygen atoms in total. The first-order valence-electron chi connectivity index (χ1n) is 10.6. The van der Waals surface area contributed by atoms with Gasteiger partial charge in [0.25, 0.3) is 0 Å². The Kier molecular flexibility index (Phi) is 10.1. The van der Waals surface area contributed by atoms with Crippen molar-refractivity contribution in [2.45, 2.75) is 48.5 Å². The van der Waals surface area contributed by atoms with Crippen LogP contribution in [0.3, 0.4) is 0 Å². The van der Waals surface area contributed by atoms with Crippen LogP contribution < -0.4 is 11.1 Å². The topological polar surface area (TPSA) is 125 Å². The van der Waals surface area contributed by atoms with E-state index in [0.717, 1.165) is 23.7 Å². The van der Waals surface area contributed by atoms with E-state index in [1.54, 1.807) is 18.2 Å². The van der Waals surface area contributed by atoms with Crippen LogP contribution in [-0.4, -0.2) is 44.7 Å². The van der Waals surface area contributed by atoms with E-state index in [-0.39, 0.29) is 24.1 Å². The molecule has 0 aliphatic carbocycles. The van der Waals surface area contributed by atoms with Crippen molar-refractivity contribution in [3.05, 3.63) is 64.1 Å². The van der Waals surface area contributed by atoms with Crippen LogP contribution in [0.25, 0.3) is 0 Å². The van der Waals surface area contributed by atoms with Crippen LogP contribution in [-0.2, 0) is 22.7 Å². The maximum atomic E-state index is 12.9. The summed E-state index contributed by atoms with van der Waals surface area (Å²) in [5.41, 5.74) is 6.41. The number of ketones is 1. The van der Waals surface area contributed by atoms with Gasteiger partial charge in [0, 0.05) is 0 Å². The van der Waals surface area contributed by atoms with Crippen LogP contribution in [0.4, 0.5) is 4.79 Å². The van der Waals surface area contributed by atoms with Crippen LogP contribution in [0.5, 0.6) is 0 Å². The highest BCUT2D eigenvalue weighted by atomic mass is 35.5. The summed E-state index contributed by atoms with van der Waals surface area (Å²) in [6.45, 7) is 0.428. The van der Waals surface area contributed by atoms with Crippen molar-refractivity contribution in [1.29, 1.82) is 0 Å². The highest BCUT2D eigenvalue weighted by molar-refractivity contribution is 7.99. The van der Waals surface area contributed by atoms with E-state index in [1.165, 1.54) is 4.80 Å². The van der Waals surface area contributed by atoms with Crippen molar-refractivity contribution in [3.8, 4) is 0 Å². The SMILES string of the molecule is NCCCCC(NC(=O)OCc1ccccc1)C(=O)Cn1nnc(Sc2c(Cl)cccc2Cl)n1. The third-order valence-electron chi connectivity index (χ3n) is 4.68. The molecule has 1 unspecified atom stereocenters. The first-order valence-corrected chi connectivity index (χ1v) is 12.1. The van der Waals surface area contributed by atoms with Crippen molar-refractivity contribution in [2.75, 3.05) is 6.54 Å². The van der Waals surface area contributed by atoms with Gasteiger partial charge in [-0.1, -0.05) is 59.6 Å². The van der Waals surface area contributed by atoms with Gasteiger partial charge < -0.3 is 15.8 Å². The number of amides is 1. The maximum absolute atomic E-state index is 12.9. The molecule has 1 aromatic heterocycles. The zero-order valence-corrected chi connectivity index (χ0v) is 20.5. The molecule has 0 aliphatic rings. The molecule has 3 aromatic rings. The Morgan fingerprint density at radius 3 is 2.53 bits per heavy atom. The minimum atomic E-state index is -0.769. The lowest BCUT2D eigenvalue weighted by molar-refractivity contribution is -0.122. The molecule has 180 valence electrons. The molecule has 0 saturated carbocycles. The van der Waals surface area contributed by atoms with Crippen LogP contribution in [0.1, 0.15) is 24.8 Å². The number of carbonyl (C=O) groups excluding carboxylic acids is 2. The zero-order valence-electron chi connectivity index (χ0n) is 18.2. The van der Waals surface area contributed by atoms with Gasteiger partial charge in [-0.2, -0.15) is 4.80 Å². The second-order valence-electron chi connectivity index (χ2n) is 7.26. The lowest BCUT2D eigenvalue weighted by Crippen LogP contribution is -2.42. The van der Waals surface area contributed by atoms with E-state index < -0.39 is 12.1 Å². The van der Waals surface area contributed by atoms with Gasteiger partial charge in [-0.15, -0.1) is 10.2 Å². The molecule has 0 fully saturated rings. The van der Waals surface area contributed by atoms with Gasteiger partial charge in [-0.05, 0) is 60.5 Å². The fraction of sp³-hybridized carbons (Fsp3) is 0.318. The average Bonchev–Trinajstić information content (AvgIpc) is 3.27. The highest BCUT2D eigenvalue weighted by Gasteiger charge is 2.23. The average molecular weight is 523 g/mol. The summed E-state index contributed by atoms with van der Waals surface area (Å²) >= 11 is 13.5. The standard InChI is InChI=1S/C22H24Cl2N6O3S/c23-16-9-6-10-17(24)20(16)34-21-27-29-30(28-21)13-19(31)18(11-4-5-12-25)26-22(32)33-14-15-7-2-1-3-8-15/h1-3,6-10,18H,4-5,11-14,25H2,(H,26,32). The lowest BCUT2D eigenvalue weighted by Gasteiger charge is -2.17. The quantitative estimate of drug-likeness (QED) is 0.340. The monoisotopic (exact) mass is 522 g/mol. The van der Waals surface area contributed by atoms with Crippen LogP contribution in [0.2, 0.25) is 10.0 Å². The summed E-state index contributed by atoms with van der Waals surface area (Å²) in [6, 6.07) is 13.7. The number of unbranched alkanes of at least 4 members (excludes halogenated alkanes) is 1. The molecule has 3 rings (SSSR count). The number of nitrogens with one attached hydrogen (secondary N) is 1. The van der Waals surface area contributed by atoms with Crippen molar-refractivity contribution in [3.63, 3.8) is 0 Å². The number of halogens is 2. The van der Waals surface area contributed by atoms with Gasteiger partial charge in [-0.25, -0.2) is 4.79 Å². The molecular formula is C22H24Cl2N6O3S. The Hall–Kier alpha value is -2.66. The molecule has 2 aromatic carbocycles. The number of nitrogens with zero attached hydrogens (tertiary/aromatic N) is 4. The van der Waals surface area contributed by atoms with Gasteiger partial charge in [0.15, 0.2) is 5.78 Å². The molecular weight excluding hydrogens is 499 g/mol. The Morgan fingerprint density at radius 1 is 1.09 bits per heavy atom. The number of carbonyl (C=O) groups is 2. The van der Waals surface area contributed by atoms with Crippen LogP contribution in [0, 0.1) is 0 Å². The van der Waals surface area contributed by atoms with Gasteiger partial charge >= 0.3 is 6.09 Å². The molecule has 3 N–H and O–H groups in total. The van der Waals surface area contributed by atoms with Crippen LogP contribution in [0.15, 0.2) is 58.6 Å². The Labute approximate surface area is 211 Å². The van der Waals surface area contributed by atoms with Gasteiger partial charge in [-0.3, -0.25) is 4.79 Å².